The van der Waals surface area contributed by atoms with Crippen molar-refractivity contribution in [3.8, 4) is 0 Å². The molecule has 0 radical (unpaired) electrons. The molecule has 0 aromatic carbocycles. The molecule has 0 saturated carbocycles. The zero-order valence-corrected chi connectivity index (χ0v) is 12.5. The average molecular weight is 312 g/mol. The van der Waals surface area contributed by atoms with Crippen LogP contribution < -0.4 is 0 Å². The van der Waals surface area contributed by atoms with Crippen molar-refractivity contribution in [2.45, 2.75) is 26.1 Å². The molecule has 128 valence electrons. The van der Waals surface area contributed by atoms with E-state index in [4.69, 9.17) is 0 Å². The SMILES string of the molecule is CC(C)(C(O)C(CO)(CO)CO)C(O)C(CO)(CO)CO. The van der Waals surface area contributed by atoms with E-state index in [9.17, 15) is 40.9 Å². The molecule has 8 nitrogen and oxygen atoms in total. The Bertz CT molecular complexity index is 254. The van der Waals surface area contributed by atoms with Crippen molar-refractivity contribution >= 4 is 0 Å². The molecular formula is C13H28O8. The van der Waals surface area contributed by atoms with Crippen molar-refractivity contribution in [1.82, 2.24) is 0 Å². The minimum absolute atomic E-state index is 0.734. The first-order valence-corrected chi connectivity index (χ1v) is 6.69. The van der Waals surface area contributed by atoms with E-state index in [0.29, 0.717) is 0 Å². The summed E-state index contributed by atoms with van der Waals surface area (Å²) in [5.74, 6) is 0. The van der Waals surface area contributed by atoms with Crippen LogP contribution in [-0.4, -0.2) is 92.7 Å². The van der Waals surface area contributed by atoms with Gasteiger partial charge in [0.1, 0.15) is 0 Å². The van der Waals surface area contributed by atoms with Crippen LogP contribution in [0, 0.1) is 16.2 Å². The molecule has 0 amide bonds. The van der Waals surface area contributed by atoms with E-state index < -0.39 is 68.1 Å². The van der Waals surface area contributed by atoms with E-state index in [0.717, 1.165) is 0 Å². The van der Waals surface area contributed by atoms with Crippen LogP contribution in [0.4, 0.5) is 0 Å². The van der Waals surface area contributed by atoms with Gasteiger partial charge in [-0.2, -0.15) is 0 Å². The van der Waals surface area contributed by atoms with Crippen molar-refractivity contribution in [3.63, 3.8) is 0 Å². The van der Waals surface area contributed by atoms with Crippen LogP contribution >= 0.6 is 0 Å². The minimum Gasteiger partial charge on any atom is -0.396 e. The summed E-state index contributed by atoms with van der Waals surface area (Å²) in [7, 11) is 0. The number of aliphatic hydroxyl groups is 8. The molecule has 0 saturated heterocycles. The Morgan fingerprint density at radius 2 is 0.762 bits per heavy atom. The third-order valence-corrected chi connectivity index (χ3v) is 4.46. The Labute approximate surface area is 123 Å². The molecule has 0 aliphatic carbocycles. The average Bonchev–Trinajstić information content (AvgIpc) is 2.51. The third-order valence-electron chi connectivity index (χ3n) is 4.46. The van der Waals surface area contributed by atoms with Gasteiger partial charge in [-0.1, -0.05) is 13.8 Å². The van der Waals surface area contributed by atoms with Gasteiger partial charge in [0.2, 0.25) is 0 Å². The Hall–Kier alpha value is -0.320. The van der Waals surface area contributed by atoms with Crippen LogP contribution in [0.15, 0.2) is 0 Å². The van der Waals surface area contributed by atoms with Gasteiger partial charge in [0, 0.05) is 5.41 Å². The maximum absolute atomic E-state index is 10.4. The van der Waals surface area contributed by atoms with Gasteiger partial charge >= 0.3 is 0 Å². The predicted molar refractivity (Wildman–Crippen MR) is 73.2 cm³/mol. The molecule has 0 heterocycles. The second kappa shape index (κ2) is 7.80. The first kappa shape index (κ1) is 20.7. The fraction of sp³-hybridized carbons (Fsp3) is 1.00. The second-order valence-electron chi connectivity index (χ2n) is 6.30. The second-order valence-corrected chi connectivity index (χ2v) is 6.30. The molecule has 0 aliphatic rings. The summed E-state index contributed by atoms with van der Waals surface area (Å²) in [6, 6.07) is 0. The Morgan fingerprint density at radius 1 is 0.571 bits per heavy atom. The summed E-state index contributed by atoms with van der Waals surface area (Å²) < 4.78 is 0. The third kappa shape index (κ3) is 3.54. The predicted octanol–water partition coefficient (Wildman–Crippen LogP) is -3.34. The molecule has 0 bridgehead atoms. The molecule has 8 heteroatoms. The normalized spacial score (nSPS) is 16.9. The summed E-state index contributed by atoms with van der Waals surface area (Å²) >= 11 is 0. The molecule has 8 N–H and O–H groups in total. The molecule has 21 heavy (non-hydrogen) atoms. The van der Waals surface area contributed by atoms with Gasteiger partial charge in [-0.15, -0.1) is 0 Å². The van der Waals surface area contributed by atoms with Crippen LogP contribution in [-0.2, 0) is 0 Å². The highest BCUT2D eigenvalue weighted by molar-refractivity contribution is 5.02. The largest absolute Gasteiger partial charge is 0.396 e. The first-order chi connectivity index (χ1) is 9.67. The molecule has 0 spiro atoms. The number of aliphatic hydroxyl groups excluding tert-OH is 8. The van der Waals surface area contributed by atoms with Crippen molar-refractivity contribution in [1.29, 1.82) is 0 Å². The zero-order chi connectivity index (χ0) is 16.9. The standard InChI is InChI=1S/C13H28O8/c1-11(2,9(20)12(3-14,4-15)5-16)10(21)13(6-17,7-18)8-19/h9-10,14-21H,3-8H2,1-2H3. The molecule has 0 aliphatic heterocycles. The topological polar surface area (TPSA) is 162 Å². The van der Waals surface area contributed by atoms with Crippen molar-refractivity contribution in [2.75, 3.05) is 39.6 Å². The van der Waals surface area contributed by atoms with E-state index in [-0.39, 0.29) is 0 Å². The van der Waals surface area contributed by atoms with Crippen LogP contribution in [0.2, 0.25) is 0 Å². The fourth-order valence-corrected chi connectivity index (χ4v) is 2.55. The lowest BCUT2D eigenvalue weighted by atomic mass is 9.62. The quantitative estimate of drug-likeness (QED) is 0.208. The maximum atomic E-state index is 10.4. The molecule has 2 unspecified atom stereocenters. The monoisotopic (exact) mass is 312 g/mol. The van der Waals surface area contributed by atoms with Crippen LogP contribution in [0.5, 0.6) is 0 Å². The van der Waals surface area contributed by atoms with Crippen molar-refractivity contribution < 1.29 is 40.9 Å². The van der Waals surface area contributed by atoms with Crippen LogP contribution in [0.25, 0.3) is 0 Å². The molecule has 0 fully saturated rings. The van der Waals surface area contributed by atoms with Crippen molar-refractivity contribution in [2.24, 2.45) is 16.2 Å². The Kier molecular flexibility index (Phi) is 7.68. The summed E-state index contributed by atoms with van der Waals surface area (Å²) in [5, 5.41) is 77.0. The molecule has 0 aromatic rings. The van der Waals surface area contributed by atoms with Gasteiger partial charge in [-0.3, -0.25) is 0 Å². The molecular weight excluding hydrogens is 284 g/mol. The van der Waals surface area contributed by atoms with Crippen LogP contribution in [0.1, 0.15) is 13.8 Å². The fourth-order valence-electron chi connectivity index (χ4n) is 2.55. The van der Waals surface area contributed by atoms with Gasteiger partial charge < -0.3 is 40.9 Å². The molecule has 0 rings (SSSR count). The van der Waals surface area contributed by atoms with E-state index in [1.807, 2.05) is 0 Å². The number of rotatable bonds is 10. The lowest BCUT2D eigenvalue weighted by Gasteiger charge is -2.49. The van der Waals surface area contributed by atoms with E-state index in [1.165, 1.54) is 13.8 Å². The zero-order valence-electron chi connectivity index (χ0n) is 12.5. The van der Waals surface area contributed by atoms with Crippen molar-refractivity contribution in [3.05, 3.63) is 0 Å². The summed E-state index contributed by atoms with van der Waals surface area (Å²) in [5.41, 5.74) is -4.80. The number of hydrogen-bond acceptors (Lipinski definition) is 8. The van der Waals surface area contributed by atoms with E-state index in [1.54, 1.807) is 0 Å². The molecule has 2 atom stereocenters. The van der Waals surface area contributed by atoms with Crippen LogP contribution in [0.3, 0.4) is 0 Å². The summed E-state index contributed by atoms with van der Waals surface area (Å²) in [6.07, 6.45) is -3.13. The lowest BCUT2D eigenvalue weighted by molar-refractivity contribution is -0.198. The minimum atomic E-state index is -1.67. The van der Waals surface area contributed by atoms with Gasteiger partial charge in [0.25, 0.3) is 0 Å². The summed E-state index contributed by atoms with van der Waals surface area (Å²) in [6.45, 7) is -1.64. The Morgan fingerprint density at radius 3 is 0.905 bits per heavy atom. The van der Waals surface area contributed by atoms with Gasteiger partial charge in [-0.05, 0) is 0 Å². The first-order valence-electron chi connectivity index (χ1n) is 6.69. The summed E-state index contributed by atoms with van der Waals surface area (Å²) in [4.78, 5) is 0. The highest BCUT2D eigenvalue weighted by Crippen LogP contribution is 2.42. The van der Waals surface area contributed by atoms with E-state index in [2.05, 4.69) is 0 Å². The maximum Gasteiger partial charge on any atom is 0.0738 e. The van der Waals surface area contributed by atoms with Gasteiger partial charge in [-0.25, -0.2) is 0 Å². The smallest absolute Gasteiger partial charge is 0.0738 e. The number of hydrogen-bond donors (Lipinski definition) is 8. The highest BCUT2D eigenvalue weighted by atomic mass is 16.3. The van der Waals surface area contributed by atoms with Gasteiger partial charge in [0.15, 0.2) is 0 Å². The highest BCUT2D eigenvalue weighted by Gasteiger charge is 2.54. The Balaban J connectivity index is 5.63. The van der Waals surface area contributed by atoms with Gasteiger partial charge in [0.05, 0.1) is 62.7 Å². The lowest BCUT2D eigenvalue weighted by Crippen LogP contribution is -2.61. The molecule has 0 aromatic heterocycles. The van der Waals surface area contributed by atoms with E-state index >= 15 is 0 Å².